The molecule has 0 atom stereocenters. The number of nitrogens with zero attached hydrogens (tertiary/aromatic N) is 1. The molecule has 0 saturated heterocycles. The van der Waals surface area contributed by atoms with Crippen molar-refractivity contribution in [2.45, 2.75) is 32.7 Å². The number of hydrogen-bond donors (Lipinski definition) is 1. The van der Waals surface area contributed by atoms with Gasteiger partial charge in [0, 0.05) is 12.7 Å². The molecule has 0 aliphatic carbocycles. The topological polar surface area (TPSA) is 24.9 Å². The van der Waals surface area contributed by atoms with Crippen LogP contribution in [0.1, 0.15) is 31.3 Å². The fourth-order valence-corrected chi connectivity index (χ4v) is 2.75. The monoisotopic (exact) mass is 260 g/mol. The molecule has 0 fully saturated rings. The maximum Gasteiger partial charge on any atom is 0.107 e. The SMILES string of the molecule is CNCc1ncc(-c2ccc(C(C)(C)C)cc2)s1. The molecule has 2 nitrogen and oxygen atoms in total. The third-order valence-electron chi connectivity index (χ3n) is 2.92. The van der Waals surface area contributed by atoms with Crippen molar-refractivity contribution in [2.75, 3.05) is 7.05 Å². The number of benzene rings is 1. The summed E-state index contributed by atoms with van der Waals surface area (Å²) in [4.78, 5) is 5.65. The van der Waals surface area contributed by atoms with Crippen LogP contribution in [0.4, 0.5) is 0 Å². The number of thiazole rings is 1. The summed E-state index contributed by atoms with van der Waals surface area (Å²) in [5, 5.41) is 4.26. The van der Waals surface area contributed by atoms with Crippen LogP contribution < -0.4 is 5.32 Å². The average molecular weight is 260 g/mol. The highest BCUT2D eigenvalue weighted by molar-refractivity contribution is 7.15. The normalized spacial score (nSPS) is 11.8. The van der Waals surface area contributed by atoms with Gasteiger partial charge in [0.25, 0.3) is 0 Å². The van der Waals surface area contributed by atoms with E-state index in [-0.39, 0.29) is 5.41 Å². The summed E-state index contributed by atoms with van der Waals surface area (Å²) >= 11 is 1.75. The lowest BCUT2D eigenvalue weighted by molar-refractivity contribution is 0.590. The molecule has 18 heavy (non-hydrogen) atoms. The van der Waals surface area contributed by atoms with Crippen molar-refractivity contribution in [3.8, 4) is 10.4 Å². The van der Waals surface area contributed by atoms with Crippen LogP contribution in [0.5, 0.6) is 0 Å². The average Bonchev–Trinajstić information content (AvgIpc) is 2.77. The van der Waals surface area contributed by atoms with Gasteiger partial charge in [-0.2, -0.15) is 0 Å². The lowest BCUT2D eigenvalue weighted by atomic mass is 9.87. The summed E-state index contributed by atoms with van der Waals surface area (Å²) in [6.07, 6.45) is 1.96. The molecule has 2 rings (SSSR count). The van der Waals surface area contributed by atoms with Gasteiger partial charge >= 0.3 is 0 Å². The quantitative estimate of drug-likeness (QED) is 0.907. The lowest BCUT2D eigenvalue weighted by Gasteiger charge is -2.18. The van der Waals surface area contributed by atoms with E-state index >= 15 is 0 Å². The molecular formula is C15H20N2S. The van der Waals surface area contributed by atoms with Gasteiger partial charge in [0.15, 0.2) is 0 Å². The highest BCUT2D eigenvalue weighted by Gasteiger charge is 2.13. The minimum atomic E-state index is 0.212. The van der Waals surface area contributed by atoms with E-state index in [4.69, 9.17) is 0 Å². The van der Waals surface area contributed by atoms with Gasteiger partial charge in [-0.05, 0) is 23.6 Å². The summed E-state index contributed by atoms with van der Waals surface area (Å²) < 4.78 is 0. The summed E-state index contributed by atoms with van der Waals surface area (Å²) in [5.41, 5.74) is 2.83. The largest absolute Gasteiger partial charge is 0.314 e. The van der Waals surface area contributed by atoms with Gasteiger partial charge in [-0.1, -0.05) is 45.0 Å². The molecule has 0 amide bonds. The molecule has 1 aromatic heterocycles. The molecule has 1 aromatic carbocycles. The number of aromatic nitrogens is 1. The van der Waals surface area contributed by atoms with E-state index in [0.29, 0.717) is 0 Å². The highest BCUT2D eigenvalue weighted by atomic mass is 32.1. The van der Waals surface area contributed by atoms with Gasteiger partial charge in [0.05, 0.1) is 4.88 Å². The first kappa shape index (κ1) is 13.2. The Morgan fingerprint density at radius 3 is 2.39 bits per heavy atom. The molecule has 3 heteroatoms. The Bertz CT molecular complexity index is 506. The second-order valence-electron chi connectivity index (χ2n) is 5.48. The predicted octanol–water partition coefficient (Wildman–Crippen LogP) is 3.83. The third kappa shape index (κ3) is 2.98. The van der Waals surface area contributed by atoms with Crippen molar-refractivity contribution in [3.63, 3.8) is 0 Å². The summed E-state index contributed by atoms with van der Waals surface area (Å²) in [6.45, 7) is 7.55. The Hall–Kier alpha value is -1.19. The van der Waals surface area contributed by atoms with Gasteiger partial charge in [-0.25, -0.2) is 4.98 Å². The van der Waals surface area contributed by atoms with Crippen molar-refractivity contribution in [2.24, 2.45) is 0 Å². The molecule has 0 spiro atoms. The molecule has 0 unspecified atom stereocenters. The third-order valence-corrected chi connectivity index (χ3v) is 3.96. The van der Waals surface area contributed by atoms with Crippen molar-refractivity contribution in [1.29, 1.82) is 0 Å². The molecule has 0 radical (unpaired) electrons. The molecule has 2 aromatic rings. The van der Waals surface area contributed by atoms with Crippen molar-refractivity contribution in [3.05, 3.63) is 41.0 Å². The number of rotatable bonds is 3. The van der Waals surface area contributed by atoms with Crippen LogP contribution >= 0.6 is 11.3 Å². The Balaban J connectivity index is 2.23. The van der Waals surface area contributed by atoms with E-state index in [9.17, 15) is 0 Å². The second-order valence-corrected chi connectivity index (χ2v) is 6.59. The van der Waals surface area contributed by atoms with E-state index in [1.54, 1.807) is 11.3 Å². The number of hydrogen-bond acceptors (Lipinski definition) is 3. The number of nitrogens with one attached hydrogen (secondary N) is 1. The van der Waals surface area contributed by atoms with Crippen LogP contribution in [-0.4, -0.2) is 12.0 Å². The van der Waals surface area contributed by atoms with Crippen LogP contribution in [0.15, 0.2) is 30.5 Å². The molecule has 0 aliphatic heterocycles. The molecule has 1 N–H and O–H groups in total. The van der Waals surface area contributed by atoms with E-state index in [1.165, 1.54) is 16.0 Å². The molecule has 0 bridgehead atoms. The smallest absolute Gasteiger partial charge is 0.107 e. The van der Waals surface area contributed by atoms with Gasteiger partial charge in [-0.15, -0.1) is 11.3 Å². The zero-order valence-corrected chi connectivity index (χ0v) is 12.3. The van der Waals surface area contributed by atoms with E-state index < -0.39 is 0 Å². The van der Waals surface area contributed by atoms with E-state index in [0.717, 1.165) is 11.6 Å². The second kappa shape index (κ2) is 5.21. The molecular weight excluding hydrogens is 240 g/mol. The summed E-state index contributed by atoms with van der Waals surface area (Å²) in [6, 6.07) is 8.81. The first-order valence-electron chi connectivity index (χ1n) is 6.21. The zero-order valence-electron chi connectivity index (χ0n) is 11.4. The minimum absolute atomic E-state index is 0.212. The molecule has 0 aliphatic rings. The molecule has 1 heterocycles. The fraction of sp³-hybridized carbons (Fsp3) is 0.400. The van der Waals surface area contributed by atoms with Crippen LogP contribution in [-0.2, 0) is 12.0 Å². The maximum absolute atomic E-state index is 4.41. The standard InChI is InChI=1S/C15H20N2S/c1-15(2,3)12-7-5-11(6-8-12)13-9-17-14(18-13)10-16-4/h5-9,16H,10H2,1-4H3. The Morgan fingerprint density at radius 2 is 1.83 bits per heavy atom. The van der Waals surface area contributed by atoms with Crippen LogP contribution in [0, 0.1) is 0 Å². The van der Waals surface area contributed by atoms with Gasteiger partial charge in [-0.3, -0.25) is 0 Å². The van der Waals surface area contributed by atoms with E-state index in [2.05, 4.69) is 55.3 Å². The van der Waals surface area contributed by atoms with E-state index in [1.807, 2.05) is 13.2 Å². The predicted molar refractivity (Wildman–Crippen MR) is 79.0 cm³/mol. The Labute approximate surface area is 113 Å². The molecule has 96 valence electrons. The first-order chi connectivity index (χ1) is 8.50. The van der Waals surface area contributed by atoms with Crippen LogP contribution in [0.3, 0.4) is 0 Å². The first-order valence-corrected chi connectivity index (χ1v) is 7.02. The van der Waals surface area contributed by atoms with Crippen molar-refractivity contribution >= 4 is 11.3 Å². The summed E-state index contributed by atoms with van der Waals surface area (Å²) in [5.74, 6) is 0. The fourth-order valence-electron chi connectivity index (χ4n) is 1.81. The minimum Gasteiger partial charge on any atom is -0.314 e. The molecule has 0 saturated carbocycles. The Kier molecular flexibility index (Phi) is 3.83. The van der Waals surface area contributed by atoms with Gasteiger partial charge in [0.2, 0.25) is 0 Å². The van der Waals surface area contributed by atoms with Crippen LogP contribution in [0.25, 0.3) is 10.4 Å². The Morgan fingerprint density at radius 1 is 1.17 bits per heavy atom. The van der Waals surface area contributed by atoms with Gasteiger partial charge in [0.1, 0.15) is 5.01 Å². The van der Waals surface area contributed by atoms with Gasteiger partial charge < -0.3 is 5.32 Å². The maximum atomic E-state index is 4.41. The van der Waals surface area contributed by atoms with Crippen LogP contribution in [0.2, 0.25) is 0 Å². The van der Waals surface area contributed by atoms with Crippen molar-refractivity contribution in [1.82, 2.24) is 10.3 Å². The van der Waals surface area contributed by atoms with Crippen molar-refractivity contribution < 1.29 is 0 Å². The zero-order chi connectivity index (χ0) is 13.2. The summed E-state index contributed by atoms with van der Waals surface area (Å²) in [7, 11) is 1.94. The lowest BCUT2D eigenvalue weighted by Crippen LogP contribution is -2.10. The highest BCUT2D eigenvalue weighted by Crippen LogP contribution is 2.29.